The molecule has 7 nitrogen and oxygen atoms in total. The Morgan fingerprint density at radius 2 is 1.88 bits per heavy atom. The van der Waals surface area contributed by atoms with Crippen LogP contribution in [-0.2, 0) is 9.59 Å². The highest BCUT2D eigenvalue weighted by Gasteiger charge is 2.17. The van der Waals surface area contributed by atoms with Gasteiger partial charge in [0, 0.05) is 34.4 Å². The van der Waals surface area contributed by atoms with Crippen LogP contribution < -0.4 is 10.6 Å². The van der Waals surface area contributed by atoms with E-state index in [-0.39, 0.29) is 6.04 Å². The van der Waals surface area contributed by atoms with Gasteiger partial charge in [0.05, 0.1) is 6.20 Å². The Bertz CT molecular complexity index is 907. The molecule has 0 aliphatic carbocycles. The van der Waals surface area contributed by atoms with Gasteiger partial charge < -0.3 is 15.6 Å². The van der Waals surface area contributed by atoms with Crippen LogP contribution in [0.1, 0.15) is 25.6 Å². The molecule has 3 N–H and O–H groups in total. The number of nitrogens with one attached hydrogen (secondary N) is 3. The zero-order valence-corrected chi connectivity index (χ0v) is 13.8. The number of aromatic amines is 1. The van der Waals surface area contributed by atoms with Gasteiger partial charge in [0.1, 0.15) is 5.82 Å². The van der Waals surface area contributed by atoms with Gasteiger partial charge in [-0.1, -0.05) is 0 Å². The minimum absolute atomic E-state index is 0.0811. The number of aromatic nitrogens is 3. The number of amides is 2. The lowest BCUT2D eigenvalue weighted by Gasteiger charge is -2.11. The lowest BCUT2D eigenvalue weighted by molar-refractivity contribution is -0.133. The topological polar surface area (TPSA) is 91.8 Å². The summed E-state index contributed by atoms with van der Waals surface area (Å²) in [6, 6.07) is 9.15. The molecule has 124 valence electrons. The molecule has 2 heterocycles. The fraction of sp³-hybridized carbons (Fsp3) is 0.235. The molecule has 1 aromatic carbocycles. The molecule has 0 saturated carbocycles. The third kappa shape index (κ3) is 3.15. The zero-order valence-electron chi connectivity index (χ0n) is 13.8. The van der Waals surface area contributed by atoms with Gasteiger partial charge in [-0.2, -0.15) is 5.10 Å². The van der Waals surface area contributed by atoms with E-state index < -0.39 is 11.8 Å². The molecule has 3 rings (SSSR count). The molecule has 24 heavy (non-hydrogen) atoms. The van der Waals surface area contributed by atoms with E-state index in [9.17, 15) is 9.59 Å². The molecule has 0 atom stereocenters. The second-order valence-electron chi connectivity index (χ2n) is 5.92. The van der Waals surface area contributed by atoms with Gasteiger partial charge in [0.2, 0.25) is 0 Å². The molecule has 0 unspecified atom stereocenters. The van der Waals surface area contributed by atoms with E-state index in [1.54, 1.807) is 23.0 Å². The van der Waals surface area contributed by atoms with Crippen LogP contribution >= 0.6 is 0 Å². The number of hydrogen-bond acceptors (Lipinski definition) is 3. The van der Waals surface area contributed by atoms with Crippen molar-refractivity contribution in [1.29, 1.82) is 0 Å². The largest absolute Gasteiger partial charge is 0.359 e. The molecule has 0 bridgehead atoms. The number of rotatable bonds is 3. The summed E-state index contributed by atoms with van der Waals surface area (Å²) in [7, 11) is 0. The lowest BCUT2D eigenvalue weighted by Crippen LogP contribution is -2.30. The Kier molecular flexibility index (Phi) is 4.07. The average Bonchev–Trinajstić information content (AvgIpc) is 3.12. The summed E-state index contributed by atoms with van der Waals surface area (Å²) in [6.45, 7) is 5.84. The summed E-state index contributed by atoms with van der Waals surface area (Å²) < 4.78 is 1.64. The highest BCUT2D eigenvalue weighted by Crippen LogP contribution is 2.20. The van der Waals surface area contributed by atoms with Crippen molar-refractivity contribution in [2.75, 3.05) is 10.6 Å². The van der Waals surface area contributed by atoms with Crippen molar-refractivity contribution < 1.29 is 9.59 Å². The van der Waals surface area contributed by atoms with Gasteiger partial charge in [0.15, 0.2) is 0 Å². The maximum Gasteiger partial charge on any atom is 0.315 e. The van der Waals surface area contributed by atoms with E-state index in [2.05, 4.69) is 20.7 Å². The van der Waals surface area contributed by atoms with Crippen LogP contribution in [0, 0.1) is 6.92 Å². The third-order valence-corrected chi connectivity index (χ3v) is 3.62. The van der Waals surface area contributed by atoms with Crippen molar-refractivity contribution in [2.45, 2.75) is 26.8 Å². The number of aryl methyl sites for hydroxylation is 1. The van der Waals surface area contributed by atoms with Gasteiger partial charge >= 0.3 is 11.8 Å². The normalized spacial score (nSPS) is 11.0. The highest BCUT2D eigenvalue weighted by molar-refractivity contribution is 6.43. The Hall–Kier alpha value is -3.09. The molecule has 0 aliphatic rings. The number of H-pyrrole nitrogens is 1. The van der Waals surface area contributed by atoms with Gasteiger partial charge in [-0.05, 0) is 45.0 Å². The van der Waals surface area contributed by atoms with E-state index in [4.69, 9.17) is 0 Å². The fourth-order valence-electron chi connectivity index (χ4n) is 2.54. The maximum atomic E-state index is 12.1. The standard InChI is InChI=1S/C17H19N5O2/c1-10(2)22-15(6-7-18-22)21-17(24)16(23)20-13-4-5-14-12(9-13)8-11(3)19-14/h4-10,19H,1-3H3,(H,20,23)(H,21,24). The van der Waals surface area contributed by atoms with Crippen LogP contribution in [0.3, 0.4) is 0 Å². The summed E-state index contributed by atoms with van der Waals surface area (Å²) in [6.07, 6.45) is 1.58. The first kappa shape index (κ1) is 15.8. The maximum absolute atomic E-state index is 12.1. The van der Waals surface area contributed by atoms with Crippen molar-refractivity contribution >= 4 is 34.2 Å². The first-order chi connectivity index (χ1) is 11.4. The molecule has 0 radical (unpaired) electrons. The van der Waals surface area contributed by atoms with E-state index in [1.165, 1.54) is 0 Å². The second-order valence-corrected chi connectivity index (χ2v) is 5.92. The molecule has 0 spiro atoms. The van der Waals surface area contributed by atoms with E-state index in [0.717, 1.165) is 16.6 Å². The van der Waals surface area contributed by atoms with Gasteiger partial charge in [-0.3, -0.25) is 9.59 Å². The molecule has 0 fully saturated rings. The number of hydrogen-bond donors (Lipinski definition) is 3. The smallest absolute Gasteiger partial charge is 0.315 e. The molecular formula is C17H19N5O2. The minimum atomic E-state index is -0.734. The van der Waals surface area contributed by atoms with Crippen LogP contribution in [0.25, 0.3) is 10.9 Å². The molecular weight excluding hydrogens is 306 g/mol. The van der Waals surface area contributed by atoms with Crippen molar-refractivity contribution in [2.24, 2.45) is 0 Å². The SMILES string of the molecule is Cc1cc2cc(NC(=O)C(=O)Nc3ccnn3C(C)C)ccc2[nH]1. The molecule has 2 amide bonds. The average molecular weight is 325 g/mol. The predicted octanol–water partition coefficient (Wildman–Crippen LogP) is 2.83. The Labute approximate surface area is 139 Å². The summed E-state index contributed by atoms with van der Waals surface area (Å²) >= 11 is 0. The van der Waals surface area contributed by atoms with Gasteiger partial charge in [-0.15, -0.1) is 0 Å². The van der Waals surface area contributed by atoms with Gasteiger partial charge in [-0.25, -0.2) is 4.68 Å². The summed E-state index contributed by atoms with van der Waals surface area (Å²) in [4.78, 5) is 27.4. The Morgan fingerprint density at radius 3 is 2.62 bits per heavy atom. The number of nitrogens with zero attached hydrogens (tertiary/aromatic N) is 2. The number of fused-ring (bicyclic) bond motifs is 1. The number of anilines is 2. The van der Waals surface area contributed by atoms with E-state index in [1.807, 2.05) is 39.0 Å². The monoisotopic (exact) mass is 325 g/mol. The first-order valence-electron chi connectivity index (χ1n) is 7.69. The fourth-order valence-corrected chi connectivity index (χ4v) is 2.54. The highest BCUT2D eigenvalue weighted by atomic mass is 16.2. The van der Waals surface area contributed by atoms with Crippen molar-refractivity contribution in [3.63, 3.8) is 0 Å². The Morgan fingerprint density at radius 1 is 1.12 bits per heavy atom. The van der Waals surface area contributed by atoms with Crippen molar-refractivity contribution in [1.82, 2.24) is 14.8 Å². The molecule has 0 saturated heterocycles. The third-order valence-electron chi connectivity index (χ3n) is 3.62. The number of benzene rings is 1. The van der Waals surface area contributed by atoms with Crippen LogP contribution in [0.15, 0.2) is 36.5 Å². The minimum Gasteiger partial charge on any atom is -0.359 e. The Balaban J connectivity index is 1.71. The summed E-state index contributed by atoms with van der Waals surface area (Å²) in [5.74, 6) is -0.970. The second kappa shape index (κ2) is 6.19. The predicted molar refractivity (Wildman–Crippen MR) is 92.9 cm³/mol. The van der Waals surface area contributed by atoms with Crippen LogP contribution in [0.4, 0.5) is 11.5 Å². The number of carbonyl (C=O) groups is 2. The van der Waals surface area contributed by atoms with E-state index >= 15 is 0 Å². The van der Waals surface area contributed by atoms with Crippen molar-refractivity contribution in [3.05, 3.63) is 42.2 Å². The quantitative estimate of drug-likeness (QED) is 0.647. The molecule has 0 aliphatic heterocycles. The van der Waals surface area contributed by atoms with Crippen LogP contribution in [0.5, 0.6) is 0 Å². The molecule has 3 aromatic rings. The summed E-state index contributed by atoms with van der Waals surface area (Å²) in [5, 5.41) is 10.3. The molecule has 7 heteroatoms. The summed E-state index contributed by atoms with van der Waals surface area (Å²) in [5.41, 5.74) is 2.59. The molecule has 2 aromatic heterocycles. The van der Waals surface area contributed by atoms with Crippen LogP contribution in [0.2, 0.25) is 0 Å². The van der Waals surface area contributed by atoms with E-state index in [0.29, 0.717) is 11.5 Å². The zero-order chi connectivity index (χ0) is 17.3. The first-order valence-corrected chi connectivity index (χ1v) is 7.69. The lowest BCUT2D eigenvalue weighted by atomic mass is 10.2. The van der Waals surface area contributed by atoms with Crippen LogP contribution in [-0.4, -0.2) is 26.6 Å². The number of carbonyl (C=O) groups excluding carboxylic acids is 2. The van der Waals surface area contributed by atoms with Crippen molar-refractivity contribution in [3.8, 4) is 0 Å². The van der Waals surface area contributed by atoms with Gasteiger partial charge in [0.25, 0.3) is 0 Å².